The summed E-state index contributed by atoms with van der Waals surface area (Å²) in [6.07, 6.45) is 9.95. The number of rotatable bonds is 8. The van der Waals surface area contributed by atoms with Gasteiger partial charge in [0.1, 0.15) is 18.2 Å². The van der Waals surface area contributed by atoms with Gasteiger partial charge in [0.25, 0.3) is 5.89 Å². The number of methoxy groups -OCH3 is 1. The van der Waals surface area contributed by atoms with E-state index >= 15 is 0 Å². The minimum atomic E-state index is -1.23. The van der Waals surface area contributed by atoms with Crippen molar-refractivity contribution in [2.75, 3.05) is 13.7 Å². The Labute approximate surface area is 251 Å². The number of hydrogen-bond donors (Lipinski definition) is 3. The van der Waals surface area contributed by atoms with Crippen molar-refractivity contribution in [3.63, 3.8) is 0 Å². The van der Waals surface area contributed by atoms with Crippen LogP contribution in [0.3, 0.4) is 0 Å². The Kier molecular flexibility index (Phi) is 6.34. The number of nitrogens with zero attached hydrogens (tertiary/aromatic N) is 6. The van der Waals surface area contributed by atoms with Crippen LogP contribution in [0.5, 0.6) is 0 Å². The standard InChI is InChI=1S/C30H33FN9O4/c1-6-7-8-19-17(2)28-11-21(24-33-13-22(35-24)20-10-9-18(31)12-32-20)37-30(29(28,15-28)16-34-19,25-36-23(14-42-5)44-38-25)26-39(3)40(4)27(41)43-26/h6-10,12-13,21,34,37H,1,11,14-16H2,2-5H3,(H,33,35)/q+1. The minimum Gasteiger partial charge on any atom is -0.384 e. The van der Waals surface area contributed by atoms with Crippen LogP contribution in [0.15, 0.2) is 74.3 Å². The van der Waals surface area contributed by atoms with E-state index in [0.717, 1.165) is 17.7 Å². The number of halogens is 1. The summed E-state index contributed by atoms with van der Waals surface area (Å²) in [5.74, 6) is 0.656. The predicted molar refractivity (Wildman–Crippen MR) is 153 cm³/mol. The van der Waals surface area contributed by atoms with Crippen LogP contribution in [0.2, 0.25) is 0 Å². The number of allylic oxidation sites excluding steroid dienone is 4. The molecular formula is C30H33FN9O4+. The fraction of sp³-hybridized carbons (Fsp3) is 0.400. The maximum atomic E-state index is 13.6. The highest BCUT2D eigenvalue weighted by Gasteiger charge is 2.85. The molecular weight excluding hydrogens is 569 g/mol. The summed E-state index contributed by atoms with van der Waals surface area (Å²) >= 11 is 0. The van der Waals surface area contributed by atoms with E-state index in [1.165, 1.54) is 16.9 Å². The van der Waals surface area contributed by atoms with Gasteiger partial charge >= 0.3 is 11.6 Å². The van der Waals surface area contributed by atoms with Crippen molar-refractivity contribution in [2.24, 2.45) is 24.9 Å². The first-order valence-corrected chi connectivity index (χ1v) is 14.3. The van der Waals surface area contributed by atoms with Gasteiger partial charge in [-0.1, -0.05) is 33.3 Å². The van der Waals surface area contributed by atoms with Crippen molar-refractivity contribution in [3.8, 4) is 11.4 Å². The highest BCUT2D eigenvalue weighted by molar-refractivity contribution is 5.54. The number of nitrogens with one attached hydrogen (secondary N) is 3. The molecule has 228 valence electrons. The van der Waals surface area contributed by atoms with E-state index in [-0.39, 0.29) is 18.1 Å². The van der Waals surface area contributed by atoms with E-state index in [9.17, 15) is 9.18 Å². The monoisotopic (exact) mass is 602 g/mol. The predicted octanol–water partition coefficient (Wildman–Crippen LogP) is 2.23. The van der Waals surface area contributed by atoms with Gasteiger partial charge in [-0.3, -0.25) is 10.3 Å². The Balaban J connectivity index is 1.45. The van der Waals surface area contributed by atoms with Crippen LogP contribution in [-0.4, -0.2) is 43.4 Å². The van der Waals surface area contributed by atoms with Crippen LogP contribution in [0.1, 0.15) is 49.2 Å². The maximum Gasteiger partial charge on any atom is 0.472 e. The summed E-state index contributed by atoms with van der Waals surface area (Å²) in [6, 6.07) is 2.58. The summed E-state index contributed by atoms with van der Waals surface area (Å²) in [7, 11) is 4.97. The first-order valence-electron chi connectivity index (χ1n) is 14.3. The molecule has 44 heavy (non-hydrogen) atoms. The summed E-state index contributed by atoms with van der Waals surface area (Å²) < 4.78 is 33.7. The Morgan fingerprint density at radius 3 is 2.86 bits per heavy atom. The molecule has 4 aromatic rings. The molecule has 0 bridgehead atoms. The van der Waals surface area contributed by atoms with Gasteiger partial charge < -0.3 is 24.0 Å². The molecule has 1 saturated heterocycles. The smallest absolute Gasteiger partial charge is 0.384 e. The third-order valence-electron chi connectivity index (χ3n) is 9.67. The first kappa shape index (κ1) is 28.1. The van der Waals surface area contributed by atoms with Gasteiger partial charge in [0.2, 0.25) is 11.4 Å². The summed E-state index contributed by atoms with van der Waals surface area (Å²) in [6.45, 7) is 6.62. The SMILES string of the molecule is C=CC=CC1=C(C)C23CC(c4ncc(-c5ccc(F)cn5)[nH]4)NC(c4noc(COC)n4)(c4oc(=O)n(C)[n+]4C)C2(CN1)C3. The molecule has 4 atom stereocenters. The van der Waals surface area contributed by atoms with Crippen LogP contribution < -0.4 is 21.1 Å². The van der Waals surface area contributed by atoms with Crippen LogP contribution in [-0.2, 0) is 31.0 Å². The third kappa shape index (κ3) is 3.76. The molecule has 1 aliphatic carbocycles. The van der Waals surface area contributed by atoms with E-state index in [4.69, 9.17) is 23.6 Å². The molecule has 0 amide bonds. The molecule has 3 aliphatic rings. The van der Waals surface area contributed by atoms with Gasteiger partial charge in [-0.25, -0.2) is 14.2 Å². The molecule has 0 aromatic carbocycles. The minimum absolute atomic E-state index is 0.120. The largest absolute Gasteiger partial charge is 0.472 e. The molecule has 2 aliphatic heterocycles. The zero-order chi connectivity index (χ0) is 30.9. The van der Waals surface area contributed by atoms with Crippen LogP contribution in [0.25, 0.3) is 11.4 Å². The number of imidazole rings is 1. The summed E-state index contributed by atoms with van der Waals surface area (Å²) in [5, 5.41) is 11.9. The zero-order valence-electron chi connectivity index (χ0n) is 24.8. The van der Waals surface area contributed by atoms with Crippen LogP contribution in [0, 0.1) is 16.6 Å². The molecule has 1 saturated carbocycles. The molecule has 2 fully saturated rings. The van der Waals surface area contributed by atoms with E-state index in [0.29, 0.717) is 47.8 Å². The number of H-pyrrole nitrogens is 1. The Hall–Kier alpha value is -4.69. The van der Waals surface area contributed by atoms with Gasteiger partial charge in [-0.15, -0.1) is 0 Å². The average Bonchev–Trinajstić information content (AvgIpc) is 3.33. The molecule has 13 nitrogen and oxygen atoms in total. The molecule has 4 unspecified atom stereocenters. The van der Waals surface area contributed by atoms with Gasteiger partial charge in [-0.2, -0.15) is 4.98 Å². The lowest BCUT2D eigenvalue weighted by atomic mass is 9.64. The lowest BCUT2D eigenvalue weighted by molar-refractivity contribution is -0.766. The normalized spacial score (nSPS) is 27.7. The highest BCUT2D eigenvalue weighted by atomic mass is 19.1. The van der Waals surface area contributed by atoms with E-state index in [1.54, 1.807) is 44.2 Å². The number of ether oxygens (including phenoxy) is 1. The van der Waals surface area contributed by atoms with Crippen molar-refractivity contribution in [3.05, 3.63) is 100 Å². The Morgan fingerprint density at radius 2 is 2.16 bits per heavy atom. The second kappa shape index (κ2) is 9.92. The van der Waals surface area contributed by atoms with Crippen molar-refractivity contribution >= 4 is 0 Å². The quantitative estimate of drug-likeness (QED) is 0.202. The zero-order valence-corrected chi connectivity index (χ0v) is 24.8. The Morgan fingerprint density at radius 1 is 1.32 bits per heavy atom. The highest BCUT2D eigenvalue weighted by Crippen LogP contribution is 2.81. The number of pyridine rings is 1. The van der Waals surface area contributed by atoms with Crippen molar-refractivity contribution in [1.29, 1.82) is 0 Å². The molecule has 3 N–H and O–H groups in total. The molecule has 7 rings (SSSR count). The van der Waals surface area contributed by atoms with Gasteiger partial charge in [0.15, 0.2) is 7.05 Å². The topological polar surface area (TPSA) is 153 Å². The van der Waals surface area contributed by atoms with Gasteiger partial charge in [0, 0.05) is 30.2 Å². The van der Waals surface area contributed by atoms with Gasteiger partial charge in [-0.05, 0) is 43.5 Å². The van der Waals surface area contributed by atoms with E-state index < -0.39 is 22.5 Å². The van der Waals surface area contributed by atoms with Gasteiger partial charge in [0.05, 0.1) is 36.9 Å². The lowest BCUT2D eigenvalue weighted by Gasteiger charge is -2.48. The second-order valence-corrected chi connectivity index (χ2v) is 11.7. The fourth-order valence-corrected chi connectivity index (χ4v) is 7.39. The first-order chi connectivity index (χ1) is 21.2. The summed E-state index contributed by atoms with van der Waals surface area (Å²) in [5.41, 5.74) is 1.22. The molecule has 6 heterocycles. The molecule has 0 radical (unpaired) electrons. The number of aromatic amines is 1. The summed E-state index contributed by atoms with van der Waals surface area (Å²) in [4.78, 5) is 30.2. The van der Waals surface area contributed by atoms with Crippen molar-refractivity contribution in [1.82, 2.24) is 40.4 Å². The van der Waals surface area contributed by atoms with Crippen LogP contribution >= 0.6 is 0 Å². The number of hydrogen-bond acceptors (Lipinski definition) is 10. The maximum absolute atomic E-state index is 13.6. The van der Waals surface area contributed by atoms with Crippen molar-refractivity contribution < 1.29 is 22.7 Å². The number of aromatic nitrogens is 7. The second-order valence-electron chi connectivity index (χ2n) is 11.7. The molecule has 0 spiro atoms. The number of piperidine rings is 1. The fourth-order valence-electron chi connectivity index (χ4n) is 7.39. The van der Waals surface area contributed by atoms with E-state index in [1.807, 2.05) is 12.2 Å². The lowest BCUT2D eigenvalue weighted by Crippen LogP contribution is -2.66. The molecule has 4 aromatic heterocycles. The molecule has 14 heteroatoms. The van der Waals surface area contributed by atoms with Crippen LogP contribution in [0.4, 0.5) is 4.39 Å². The average molecular weight is 603 g/mol. The Bertz CT molecular complexity index is 1890. The third-order valence-corrected chi connectivity index (χ3v) is 9.67. The van der Waals surface area contributed by atoms with E-state index in [2.05, 4.69) is 39.3 Å². The van der Waals surface area contributed by atoms with Crippen molar-refractivity contribution in [2.45, 2.75) is 38.0 Å².